The van der Waals surface area contributed by atoms with Gasteiger partial charge in [0.15, 0.2) is 6.61 Å². The summed E-state index contributed by atoms with van der Waals surface area (Å²) in [5.41, 5.74) is 1.30. The van der Waals surface area contributed by atoms with Crippen molar-refractivity contribution in [3.8, 4) is 5.75 Å². The van der Waals surface area contributed by atoms with Crippen LogP contribution in [0.4, 0.5) is 4.39 Å². The Bertz CT molecular complexity index is 785. The first-order valence-corrected chi connectivity index (χ1v) is 8.39. The van der Waals surface area contributed by atoms with Gasteiger partial charge in [-0.15, -0.1) is 11.3 Å². The normalized spacial score (nSPS) is 11.2. The van der Waals surface area contributed by atoms with Crippen molar-refractivity contribution in [2.24, 2.45) is 0 Å². The zero-order valence-electron chi connectivity index (χ0n) is 13.5. The molecule has 7 heteroatoms. The number of halogens is 1. The Morgan fingerprint density at radius 2 is 2.00 bits per heavy atom. The van der Waals surface area contributed by atoms with Gasteiger partial charge >= 0.3 is 0 Å². The summed E-state index contributed by atoms with van der Waals surface area (Å²) in [5.74, 6) is 1.28. The fourth-order valence-corrected chi connectivity index (χ4v) is 3.18. The van der Waals surface area contributed by atoms with E-state index in [2.05, 4.69) is 33.4 Å². The van der Waals surface area contributed by atoms with Crippen LogP contribution < -0.4 is 4.74 Å². The lowest BCUT2D eigenvalue weighted by Gasteiger charge is -2.13. The molecular formula is C17H18FN3O2S. The Kier molecular flexibility index (Phi) is 5.22. The SMILES string of the molecule is Cc1ccsc1CN(C)Cc1nc(COc2ccc(F)cc2)no1. The van der Waals surface area contributed by atoms with E-state index in [9.17, 15) is 4.39 Å². The molecular weight excluding hydrogens is 329 g/mol. The smallest absolute Gasteiger partial charge is 0.240 e. The number of thiophene rings is 1. The third kappa shape index (κ3) is 4.39. The minimum Gasteiger partial charge on any atom is -0.485 e. The summed E-state index contributed by atoms with van der Waals surface area (Å²) in [4.78, 5) is 7.77. The predicted octanol–water partition coefficient (Wildman–Crippen LogP) is 3.79. The van der Waals surface area contributed by atoms with Crippen molar-refractivity contribution in [2.45, 2.75) is 26.6 Å². The highest BCUT2D eigenvalue weighted by Crippen LogP contribution is 2.18. The van der Waals surface area contributed by atoms with Gasteiger partial charge in [-0.1, -0.05) is 5.16 Å². The van der Waals surface area contributed by atoms with Crippen LogP contribution in [0.15, 0.2) is 40.2 Å². The number of aromatic nitrogens is 2. The summed E-state index contributed by atoms with van der Waals surface area (Å²) in [7, 11) is 2.01. The highest BCUT2D eigenvalue weighted by atomic mass is 32.1. The summed E-state index contributed by atoms with van der Waals surface area (Å²) in [5, 5.41) is 6.00. The van der Waals surface area contributed by atoms with Crippen LogP contribution in [0.3, 0.4) is 0 Å². The third-order valence-corrected chi connectivity index (χ3v) is 4.49. The first kappa shape index (κ1) is 16.6. The van der Waals surface area contributed by atoms with Crippen molar-refractivity contribution in [3.63, 3.8) is 0 Å². The van der Waals surface area contributed by atoms with Gasteiger partial charge in [-0.25, -0.2) is 4.39 Å². The van der Waals surface area contributed by atoms with Crippen LogP contribution in [-0.4, -0.2) is 22.1 Å². The van der Waals surface area contributed by atoms with Crippen molar-refractivity contribution in [2.75, 3.05) is 7.05 Å². The molecule has 3 rings (SSSR count). The molecule has 0 N–H and O–H groups in total. The molecule has 126 valence electrons. The Hall–Kier alpha value is -2.25. The number of hydrogen-bond donors (Lipinski definition) is 0. The van der Waals surface area contributed by atoms with Crippen molar-refractivity contribution >= 4 is 11.3 Å². The summed E-state index contributed by atoms with van der Waals surface area (Å²) in [6.45, 7) is 3.70. The summed E-state index contributed by atoms with van der Waals surface area (Å²) >= 11 is 1.75. The van der Waals surface area contributed by atoms with Gasteiger partial charge in [0.1, 0.15) is 11.6 Å². The van der Waals surface area contributed by atoms with Crippen LogP contribution in [0.1, 0.15) is 22.2 Å². The quantitative estimate of drug-likeness (QED) is 0.651. The number of rotatable bonds is 7. The number of benzene rings is 1. The fourth-order valence-electron chi connectivity index (χ4n) is 2.19. The van der Waals surface area contributed by atoms with Gasteiger partial charge in [-0.3, -0.25) is 4.90 Å². The van der Waals surface area contributed by atoms with E-state index in [1.54, 1.807) is 23.5 Å². The van der Waals surface area contributed by atoms with Gasteiger partial charge in [0.2, 0.25) is 11.7 Å². The van der Waals surface area contributed by atoms with Crippen LogP contribution in [-0.2, 0) is 19.7 Å². The molecule has 0 bridgehead atoms. The van der Waals surface area contributed by atoms with Crippen molar-refractivity contribution in [1.82, 2.24) is 15.0 Å². The molecule has 2 aromatic heterocycles. The van der Waals surface area contributed by atoms with E-state index < -0.39 is 0 Å². The van der Waals surface area contributed by atoms with Gasteiger partial charge < -0.3 is 9.26 Å². The number of aryl methyl sites for hydroxylation is 1. The van der Waals surface area contributed by atoms with Gasteiger partial charge in [0.05, 0.1) is 6.54 Å². The molecule has 2 heterocycles. The highest BCUT2D eigenvalue weighted by molar-refractivity contribution is 7.10. The second-order valence-corrected chi connectivity index (χ2v) is 6.55. The van der Waals surface area contributed by atoms with Crippen LogP contribution >= 0.6 is 11.3 Å². The average molecular weight is 347 g/mol. The third-order valence-electron chi connectivity index (χ3n) is 3.48. The molecule has 0 aliphatic rings. The van der Waals surface area contributed by atoms with Gasteiger partial charge in [0, 0.05) is 11.4 Å². The molecule has 0 fully saturated rings. The largest absolute Gasteiger partial charge is 0.485 e. The fraction of sp³-hybridized carbons (Fsp3) is 0.294. The second kappa shape index (κ2) is 7.55. The molecule has 5 nitrogen and oxygen atoms in total. The second-order valence-electron chi connectivity index (χ2n) is 5.55. The van der Waals surface area contributed by atoms with Gasteiger partial charge in [-0.2, -0.15) is 4.98 Å². The van der Waals surface area contributed by atoms with Crippen molar-refractivity contribution in [3.05, 3.63) is 63.7 Å². The minimum atomic E-state index is -0.298. The standard InChI is InChI=1S/C17H18FN3O2S/c1-12-7-8-24-15(12)9-21(2)10-17-19-16(20-23-17)11-22-14-5-3-13(18)4-6-14/h3-8H,9-11H2,1-2H3. The monoisotopic (exact) mass is 347 g/mol. The van der Waals surface area contributed by atoms with Gasteiger partial charge in [0.25, 0.3) is 0 Å². The van der Waals surface area contributed by atoms with E-state index in [-0.39, 0.29) is 12.4 Å². The Morgan fingerprint density at radius 3 is 2.71 bits per heavy atom. The Morgan fingerprint density at radius 1 is 1.21 bits per heavy atom. The van der Waals surface area contributed by atoms with E-state index in [0.29, 0.717) is 24.0 Å². The van der Waals surface area contributed by atoms with Crippen molar-refractivity contribution in [1.29, 1.82) is 0 Å². The lowest BCUT2D eigenvalue weighted by molar-refractivity contribution is 0.257. The van der Waals surface area contributed by atoms with Crippen LogP contribution in [0.25, 0.3) is 0 Å². The first-order chi connectivity index (χ1) is 11.6. The lowest BCUT2D eigenvalue weighted by Crippen LogP contribution is -2.17. The molecule has 0 saturated carbocycles. The number of hydrogen-bond acceptors (Lipinski definition) is 6. The average Bonchev–Trinajstić information content (AvgIpc) is 3.16. The zero-order valence-corrected chi connectivity index (χ0v) is 14.3. The predicted molar refractivity (Wildman–Crippen MR) is 89.3 cm³/mol. The zero-order chi connectivity index (χ0) is 16.9. The van der Waals surface area contributed by atoms with E-state index in [0.717, 1.165) is 6.54 Å². The van der Waals surface area contributed by atoms with Crippen LogP contribution in [0.2, 0.25) is 0 Å². The molecule has 0 radical (unpaired) electrons. The molecule has 1 aromatic carbocycles. The molecule has 3 aromatic rings. The van der Waals surface area contributed by atoms with E-state index in [4.69, 9.17) is 9.26 Å². The van der Waals surface area contributed by atoms with Crippen molar-refractivity contribution < 1.29 is 13.7 Å². The summed E-state index contributed by atoms with van der Waals surface area (Å²) in [6.07, 6.45) is 0. The summed E-state index contributed by atoms with van der Waals surface area (Å²) in [6, 6.07) is 7.93. The molecule has 0 aliphatic carbocycles. The minimum absolute atomic E-state index is 0.183. The van der Waals surface area contributed by atoms with E-state index in [1.165, 1.54) is 22.6 Å². The van der Waals surface area contributed by atoms with Gasteiger partial charge in [-0.05, 0) is 55.2 Å². The molecule has 0 saturated heterocycles. The van der Waals surface area contributed by atoms with E-state index in [1.807, 2.05) is 7.05 Å². The molecule has 0 amide bonds. The molecule has 0 spiro atoms. The van der Waals surface area contributed by atoms with E-state index >= 15 is 0 Å². The Balaban J connectivity index is 1.51. The highest BCUT2D eigenvalue weighted by Gasteiger charge is 2.11. The molecule has 0 unspecified atom stereocenters. The number of nitrogens with zero attached hydrogens (tertiary/aromatic N) is 3. The molecule has 0 aliphatic heterocycles. The van der Waals surface area contributed by atoms with Crippen LogP contribution in [0.5, 0.6) is 5.75 Å². The Labute approximate surface area is 143 Å². The maximum Gasteiger partial charge on any atom is 0.240 e. The molecule has 0 atom stereocenters. The first-order valence-electron chi connectivity index (χ1n) is 7.51. The summed E-state index contributed by atoms with van der Waals surface area (Å²) < 4.78 is 23.6. The van der Waals surface area contributed by atoms with Crippen LogP contribution in [0, 0.1) is 12.7 Å². The maximum atomic E-state index is 12.8. The molecule has 24 heavy (non-hydrogen) atoms. The lowest BCUT2D eigenvalue weighted by atomic mass is 10.3. The number of ether oxygens (including phenoxy) is 1. The maximum absolute atomic E-state index is 12.8. The topological polar surface area (TPSA) is 51.4 Å².